The quantitative estimate of drug-likeness (QED) is 0.438. The molecule has 3 heterocycles. The van der Waals surface area contributed by atoms with Crippen molar-refractivity contribution in [2.24, 2.45) is 0 Å². The third-order valence-corrected chi connectivity index (χ3v) is 6.19. The van der Waals surface area contributed by atoms with Gasteiger partial charge in [0.25, 0.3) is 0 Å². The van der Waals surface area contributed by atoms with E-state index in [9.17, 15) is 19.1 Å². The molecule has 8 heteroatoms. The highest BCUT2D eigenvalue weighted by atomic mass is 19.2. The molecule has 0 atom stereocenters. The molecule has 0 unspecified atom stereocenters. The van der Waals surface area contributed by atoms with Gasteiger partial charge in [0.1, 0.15) is 6.07 Å². The number of piperidine rings is 1. The van der Waals surface area contributed by atoms with E-state index in [0.717, 1.165) is 43.2 Å². The fourth-order valence-electron chi connectivity index (χ4n) is 4.51. The van der Waals surface area contributed by atoms with Gasteiger partial charge in [-0.25, -0.2) is 9.37 Å². The van der Waals surface area contributed by atoms with Crippen LogP contribution in [0.5, 0.6) is 5.75 Å². The predicted octanol–water partition coefficient (Wildman–Crippen LogP) is 5.45. The number of aryl methyl sites for hydroxylation is 1. The minimum absolute atomic E-state index is 0.0250. The van der Waals surface area contributed by atoms with Gasteiger partial charge >= 0.3 is 0 Å². The maximum absolute atomic E-state index is 14.7. The number of nitrogens with one attached hydrogen (secondary N) is 1. The van der Waals surface area contributed by atoms with E-state index in [-0.39, 0.29) is 16.8 Å². The summed E-state index contributed by atoms with van der Waals surface area (Å²) in [6.07, 6.45) is 3.57. The highest BCUT2D eigenvalue weighted by Crippen LogP contribution is 2.39. The maximum Gasteiger partial charge on any atom is 0.201 e. The van der Waals surface area contributed by atoms with Gasteiger partial charge in [0.2, 0.25) is 5.82 Å². The SMILES string of the molecule is Cc1[nH]nc2nc(-c3ccc(O)c(F)c3F)c(C#N)c(-c3ccc(N4CCCCC4)cc3)c12. The van der Waals surface area contributed by atoms with Crippen molar-refractivity contribution < 1.29 is 13.9 Å². The number of rotatable bonds is 3. The Balaban J connectivity index is 1.73. The molecule has 5 rings (SSSR count). The molecule has 0 radical (unpaired) electrons. The Hall–Kier alpha value is -3.99. The van der Waals surface area contributed by atoms with Crippen molar-refractivity contribution in [3.8, 4) is 34.2 Å². The highest BCUT2D eigenvalue weighted by molar-refractivity contribution is 6.01. The second-order valence-electron chi connectivity index (χ2n) is 8.22. The number of aromatic hydroxyl groups is 1. The molecule has 6 nitrogen and oxygen atoms in total. The Morgan fingerprint density at radius 2 is 1.76 bits per heavy atom. The molecule has 0 amide bonds. The summed E-state index contributed by atoms with van der Waals surface area (Å²) in [6.45, 7) is 3.85. The molecule has 2 aromatic carbocycles. The number of anilines is 1. The second kappa shape index (κ2) is 8.17. The van der Waals surface area contributed by atoms with E-state index in [1.165, 1.54) is 12.5 Å². The van der Waals surface area contributed by atoms with E-state index in [2.05, 4.69) is 26.2 Å². The summed E-state index contributed by atoms with van der Waals surface area (Å²) in [5.74, 6) is -3.46. The standard InChI is InChI=1S/C25H21F2N5O/c1-14-20-21(15-5-7-16(8-6-15)32-11-3-2-4-12-32)18(13-28)24(29-25(20)31-30-14)17-9-10-19(33)23(27)22(17)26/h5-10,33H,2-4,11-12H2,1H3,(H,29,30,31). The van der Waals surface area contributed by atoms with Crippen LogP contribution in [0.2, 0.25) is 0 Å². The second-order valence-corrected chi connectivity index (χ2v) is 8.22. The molecule has 166 valence electrons. The third kappa shape index (κ3) is 3.46. The summed E-state index contributed by atoms with van der Waals surface area (Å²) >= 11 is 0. The fourth-order valence-corrected chi connectivity index (χ4v) is 4.51. The van der Waals surface area contributed by atoms with Crippen molar-refractivity contribution in [1.29, 1.82) is 5.26 Å². The van der Waals surface area contributed by atoms with Crippen LogP contribution in [0.3, 0.4) is 0 Å². The van der Waals surface area contributed by atoms with Gasteiger partial charge in [0, 0.05) is 35.6 Å². The molecule has 33 heavy (non-hydrogen) atoms. The minimum Gasteiger partial charge on any atom is -0.505 e. The summed E-state index contributed by atoms with van der Waals surface area (Å²) in [5.41, 5.74) is 3.31. The summed E-state index contributed by atoms with van der Waals surface area (Å²) in [6, 6.07) is 12.3. The van der Waals surface area contributed by atoms with E-state index in [4.69, 9.17) is 0 Å². The number of fused-ring (bicyclic) bond motifs is 1. The van der Waals surface area contributed by atoms with Crippen LogP contribution in [-0.2, 0) is 0 Å². The number of nitriles is 1. The van der Waals surface area contributed by atoms with E-state index in [0.29, 0.717) is 22.3 Å². The average Bonchev–Trinajstić information content (AvgIpc) is 3.22. The van der Waals surface area contributed by atoms with Gasteiger partial charge in [0.15, 0.2) is 17.2 Å². The van der Waals surface area contributed by atoms with Crippen molar-refractivity contribution in [3.05, 3.63) is 59.3 Å². The molecule has 1 aliphatic heterocycles. The monoisotopic (exact) mass is 445 g/mol. The number of hydrogen-bond acceptors (Lipinski definition) is 5. The largest absolute Gasteiger partial charge is 0.505 e. The van der Waals surface area contributed by atoms with Crippen LogP contribution in [-0.4, -0.2) is 33.4 Å². The van der Waals surface area contributed by atoms with Crippen molar-refractivity contribution in [2.75, 3.05) is 18.0 Å². The summed E-state index contributed by atoms with van der Waals surface area (Å²) in [5, 5.41) is 27.3. The predicted molar refractivity (Wildman–Crippen MR) is 122 cm³/mol. The first-order chi connectivity index (χ1) is 16.0. The number of halogens is 2. The van der Waals surface area contributed by atoms with Gasteiger partial charge in [-0.15, -0.1) is 0 Å². The normalized spacial score (nSPS) is 13.9. The molecule has 2 aromatic heterocycles. The first-order valence-corrected chi connectivity index (χ1v) is 10.8. The molecule has 0 spiro atoms. The van der Waals surface area contributed by atoms with Crippen LogP contribution in [0.1, 0.15) is 30.5 Å². The molecule has 2 N–H and O–H groups in total. The summed E-state index contributed by atoms with van der Waals surface area (Å²) in [7, 11) is 0. The number of H-pyrrole nitrogens is 1. The van der Waals surface area contributed by atoms with Gasteiger partial charge in [-0.1, -0.05) is 12.1 Å². The van der Waals surface area contributed by atoms with Crippen LogP contribution in [0.15, 0.2) is 36.4 Å². The first kappa shape index (κ1) is 20.9. The number of phenols is 1. The molecular formula is C25H21F2N5O. The van der Waals surface area contributed by atoms with E-state index in [1.54, 1.807) is 0 Å². The summed E-state index contributed by atoms with van der Waals surface area (Å²) < 4.78 is 28.9. The first-order valence-electron chi connectivity index (χ1n) is 10.8. The zero-order valence-electron chi connectivity index (χ0n) is 18.0. The molecule has 1 aliphatic rings. The average molecular weight is 445 g/mol. The van der Waals surface area contributed by atoms with Crippen molar-refractivity contribution >= 4 is 16.7 Å². The van der Waals surface area contributed by atoms with Crippen LogP contribution in [0.25, 0.3) is 33.4 Å². The lowest BCUT2D eigenvalue weighted by Crippen LogP contribution is -2.29. The lowest BCUT2D eigenvalue weighted by atomic mass is 9.93. The molecule has 1 fully saturated rings. The Kier molecular flexibility index (Phi) is 5.17. The zero-order chi connectivity index (χ0) is 23.1. The van der Waals surface area contributed by atoms with Gasteiger partial charge in [-0.2, -0.15) is 14.8 Å². The van der Waals surface area contributed by atoms with E-state index >= 15 is 0 Å². The molecule has 0 aliphatic carbocycles. The minimum atomic E-state index is -1.39. The number of nitrogens with zero attached hydrogens (tertiary/aromatic N) is 4. The molecule has 1 saturated heterocycles. The Labute approximate surface area is 189 Å². The molecule has 4 aromatic rings. The number of pyridine rings is 1. The number of aromatic amines is 1. The van der Waals surface area contributed by atoms with Crippen molar-refractivity contribution in [2.45, 2.75) is 26.2 Å². The molecule has 0 saturated carbocycles. The highest BCUT2D eigenvalue weighted by Gasteiger charge is 2.25. The Morgan fingerprint density at radius 1 is 1.03 bits per heavy atom. The van der Waals surface area contributed by atoms with Crippen LogP contribution in [0, 0.1) is 29.9 Å². The lowest BCUT2D eigenvalue weighted by Gasteiger charge is -2.29. The van der Waals surface area contributed by atoms with Crippen LogP contribution >= 0.6 is 0 Å². The van der Waals surface area contributed by atoms with Gasteiger partial charge in [-0.3, -0.25) is 5.10 Å². The summed E-state index contributed by atoms with van der Waals surface area (Å²) in [4.78, 5) is 6.72. The zero-order valence-corrected chi connectivity index (χ0v) is 18.0. The van der Waals surface area contributed by atoms with Gasteiger partial charge in [-0.05, 0) is 56.0 Å². The fraction of sp³-hybridized carbons (Fsp3) is 0.240. The van der Waals surface area contributed by atoms with Gasteiger partial charge in [0.05, 0.1) is 16.6 Å². The number of hydrogen-bond donors (Lipinski definition) is 2. The van der Waals surface area contributed by atoms with Crippen molar-refractivity contribution in [1.82, 2.24) is 15.2 Å². The smallest absolute Gasteiger partial charge is 0.201 e. The van der Waals surface area contributed by atoms with E-state index in [1.807, 2.05) is 31.2 Å². The Bertz CT molecular complexity index is 1400. The topological polar surface area (TPSA) is 88.8 Å². The number of aromatic nitrogens is 3. The molecule has 0 bridgehead atoms. The van der Waals surface area contributed by atoms with Gasteiger partial charge < -0.3 is 10.0 Å². The lowest BCUT2D eigenvalue weighted by molar-refractivity contribution is 0.408. The molecular weight excluding hydrogens is 424 g/mol. The number of benzene rings is 2. The third-order valence-electron chi connectivity index (χ3n) is 6.19. The van der Waals surface area contributed by atoms with Crippen LogP contribution in [0.4, 0.5) is 14.5 Å². The number of phenolic OH excluding ortho intramolecular Hbond substituents is 1. The van der Waals surface area contributed by atoms with Crippen LogP contribution < -0.4 is 4.90 Å². The maximum atomic E-state index is 14.7. The Morgan fingerprint density at radius 3 is 2.45 bits per heavy atom. The van der Waals surface area contributed by atoms with E-state index < -0.39 is 17.4 Å². The van der Waals surface area contributed by atoms with Crippen molar-refractivity contribution in [3.63, 3.8) is 0 Å².